The van der Waals surface area contributed by atoms with Gasteiger partial charge in [0.15, 0.2) is 0 Å². The zero-order valence-electron chi connectivity index (χ0n) is 14.1. The average molecular weight is 372 g/mol. The topological polar surface area (TPSA) is 81.2 Å². The van der Waals surface area contributed by atoms with Crippen LogP contribution < -0.4 is 11.1 Å². The second-order valence-electron chi connectivity index (χ2n) is 5.72. The molecule has 1 atom stereocenters. The monoisotopic (exact) mass is 372 g/mol. The third-order valence-electron chi connectivity index (χ3n) is 3.85. The fraction of sp³-hybridized carbons (Fsp3) is 0.105. The van der Waals surface area contributed by atoms with Crippen LogP contribution in [0.15, 0.2) is 64.2 Å². The van der Waals surface area contributed by atoms with Gasteiger partial charge < -0.3 is 4.74 Å². The van der Waals surface area contributed by atoms with Gasteiger partial charge in [-0.2, -0.15) is 0 Å². The molecule has 2 aromatic carbocycles. The van der Waals surface area contributed by atoms with Crippen LogP contribution in [0.25, 0.3) is 5.69 Å². The molecule has 1 aromatic heterocycles. The summed E-state index contributed by atoms with van der Waals surface area (Å²) in [4.78, 5) is 35.7. The standard InChI is InChI=1S/C19H14F2N2O4/c1-11(18-14(20)6-3-7-15(18)21)27-19(26)12-4-2-5-13(10-12)23-17(25)9-8-16(24)22-23/h2-11H,1H3,(H,22,24). The number of carbonyl (C=O) groups is 1. The minimum absolute atomic E-state index is 0.0488. The maximum absolute atomic E-state index is 13.8. The van der Waals surface area contributed by atoms with E-state index in [1.54, 1.807) is 0 Å². The zero-order chi connectivity index (χ0) is 19.6. The van der Waals surface area contributed by atoms with Crippen molar-refractivity contribution in [3.05, 3.63) is 98.1 Å². The van der Waals surface area contributed by atoms with E-state index in [0.29, 0.717) is 0 Å². The van der Waals surface area contributed by atoms with Crippen LogP contribution in [0.1, 0.15) is 28.9 Å². The first-order chi connectivity index (χ1) is 12.9. The van der Waals surface area contributed by atoms with Crippen molar-refractivity contribution in [1.29, 1.82) is 0 Å². The summed E-state index contributed by atoms with van der Waals surface area (Å²) in [6, 6.07) is 11.3. The number of ether oxygens (including phenoxy) is 1. The molecule has 8 heteroatoms. The van der Waals surface area contributed by atoms with E-state index < -0.39 is 34.8 Å². The smallest absolute Gasteiger partial charge is 0.338 e. The highest BCUT2D eigenvalue weighted by atomic mass is 19.1. The highest BCUT2D eigenvalue weighted by Gasteiger charge is 2.20. The average Bonchev–Trinajstić information content (AvgIpc) is 2.63. The molecule has 0 saturated heterocycles. The van der Waals surface area contributed by atoms with Crippen molar-refractivity contribution in [2.45, 2.75) is 13.0 Å². The van der Waals surface area contributed by atoms with E-state index in [9.17, 15) is 23.2 Å². The molecule has 3 rings (SSSR count). The minimum Gasteiger partial charge on any atom is -0.454 e. The summed E-state index contributed by atoms with van der Waals surface area (Å²) in [5.74, 6) is -2.48. The number of esters is 1. The van der Waals surface area contributed by atoms with Crippen molar-refractivity contribution >= 4 is 5.97 Å². The van der Waals surface area contributed by atoms with Crippen LogP contribution >= 0.6 is 0 Å². The normalized spacial score (nSPS) is 11.8. The Morgan fingerprint density at radius 1 is 1.04 bits per heavy atom. The van der Waals surface area contributed by atoms with Gasteiger partial charge in [-0.25, -0.2) is 18.3 Å². The first-order valence-corrected chi connectivity index (χ1v) is 7.94. The third-order valence-corrected chi connectivity index (χ3v) is 3.85. The SMILES string of the molecule is CC(OC(=O)c1cccc(-n2[nH]c(=O)ccc2=O)c1)c1c(F)cccc1F. The molecule has 6 nitrogen and oxygen atoms in total. The van der Waals surface area contributed by atoms with Crippen LogP contribution in [-0.4, -0.2) is 15.7 Å². The Hall–Kier alpha value is -3.55. The molecular formula is C19H14F2N2O4. The lowest BCUT2D eigenvalue weighted by atomic mass is 10.1. The molecule has 0 fully saturated rings. The molecule has 0 amide bonds. The van der Waals surface area contributed by atoms with Crippen LogP contribution in [0, 0.1) is 11.6 Å². The minimum atomic E-state index is -1.17. The van der Waals surface area contributed by atoms with Gasteiger partial charge in [0.05, 0.1) is 16.8 Å². The molecule has 3 aromatic rings. The van der Waals surface area contributed by atoms with Gasteiger partial charge >= 0.3 is 5.97 Å². The molecule has 0 aliphatic rings. The van der Waals surface area contributed by atoms with Crippen molar-refractivity contribution in [1.82, 2.24) is 9.78 Å². The number of benzene rings is 2. The highest BCUT2D eigenvalue weighted by Crippen LogP contribution is 2.24. The van der Waals surface area contributed by atoms with Crippen molar-refractivity contribution in [3.63, 3.8) is 0 Å². The van der Waals surface area contributed by atoms with E-state index in [-0.39, 0.29) is 16.8 Å². The van der Waals surface area contributed by atoms with Crippen molar-refractivity contribution in [2.75, 3.05) is 0 Å². The van der Waals surface area contributed by atoms with E-state index in [0.717, 1.165) is 28.9 Å². The fourth-order valence-corrected chi connectivity index (χ4v) is 2.57. The van der Waals surface area contributed by atoms with E-state index in [1.165, 1.54) is 37.3 Å². The van der Waals surface area contributed by atoms with Crippen LogP contribution in [0.2, 0.25) is 0 Å². The van der Waals surface area contributed by atoms with Gasteiger partial charge in [0.25, 0.3) is 11.1 Å². The molecule has 138 valence electrons. The second kappa shape index (κ2) is 7.36. The van der Waals surface area contributed by atoms with Gasteiger partial charge in [0, 0.05) is 12.1 Å². The van der Waals surface area contributed by atoms with E-state index in [1.807, 2.05) is 0 Å². The first-order valence-electron chi connectivity index (χ1n) is 7.94. The molecule has 0 bridgehead atoms. The molecule has 0 radical (unpaired) electrons. The summed E-state index contributed by atoms with van der Waals surface area (Å²) in [6.45, 7) is 1.35. The summed E-state index contributed by atoms with van der Waals surface area (Å²) >= 11 is 0. The van der Waals surface area contributed by atoms with Crippen LogP contribution in [-0.2, 0) is 4.74 Å². The third kappa shape index (κ3) is 3.84. The molecule has 0 spiro atoms. The first kappa shape index (κ1) is 18.2. The van der Waals surface area contributed by atoms with Gasteiger partial charge in [-0.15, -0.1) is 0 Å². The predicted molar refractivity (Wildman–Crippen MR) is 92.8 cm³/mol. The maximum Gasteiger partial charge on any atom is 0.338 e. The van der Waals surface area contributed by atoms with Crippen molar-refractivity contribution in [2.24, 2.45) is 0 Å². The summed E-state index contributed by atoms with van der Waals surface area (Å²) in [5.41, 5.74) is -1.07. The Labute approximate surface area is 151 Å². The number of hydrogen-bond acceptors (Lipinski definition) is 4. The lowest BCUT2D eigenvalue weighted by Crippen LogP contribution is -2.26. The second-order valence-corrected chi connectivity index (χ2v) is 5.72. The molecule has 1 heterocycles. The number of aromatic amines is 1. The number of halogens is 2. The van der Waals surface area contributed by atoms with Crippen LogP contribution in [0.5, 0.6) is 0 Å². The molecule has 1 N–H and O–H groups in total. The number of aromatic nitrogens is 2. The Kier molecular flexibility index (Phi) is 4.98. The van der Waals surface area contributed by atoms with Gasteiger partial charge in [-0.1, -0.05) is 12.1 Å². The summed E-state index contributed by atoms with van der Waals surface area (Å²) in [6.07, 6.45) is -1.17. The van der Waals surface area contributed by atoms with E-state index in [4.69, 9.17) is 4.74 Å². The van der Waals surface area contributed by atoms with Gasteiger partial charge in [-0.05, 0) is 37.3 Å². The number of nitrogens with one attached hydrogen (secondary N) is 1. The van der Waals surface area contributed by atoms with Crippen LogP contribution in [0.3, 0.4) is 0 Å². The lowest BCUT2D eigenvalue weighted by Gasteiger charge is -2.15. The summed E-state index contributed by atoms with van der Waals surface area (Å²) in [7, 11) is 0. The number of carbonyl (C=O) groups excluding carboxylic acids is 1. The van der Waals surface area contributed by atoms with Gasteiger partial charge in [0.1, 0.15) is 17.7 Å². The number of nitrogens with zero attached hydrogens (tertiary/aromatic N) is 1. The quantitative estimate of drug-likeness (QED) is 0.714. The Balaban J connectivity index is 1.89. The van der Waals surface area contributed by atoms with Crippen molar-refractivity contribution in [3.8, 4) is 5.69 Å². The molecule has 0 aliphatic heterocycles. The number of hydrogen-bond donors (Lipinski definition) is 1. The molecule has 0 saturated carbocycles. The van der Waals surface area contributed by atoms with Gasteiger partial charge in [-0.3, -0.25) is 14.7 Å². The maximum atomic E-state index is 13.8. The fourth-order valence-electron chi connectivity index (χ4n) is 2.57. The molecule has 27 heavy (non-hydrogen) atoms. The molecule has 1 unspecified atom stereocenters. The number of H-pyrrole nitrogens is 1. The molecular weight excluding hydrogens is 358 g/mol. The Morgan fingerprint density at radius 2 is 1.70 bits per heavy atom. The largest absolute Gasteiger partial charge is 0.454 e. The Bertz CT molecular complexity index is 1100. The van der Waals surface area contributed by atoms with E-state index >= 15 is 0 Å². The highest BCUT2D eigenvalue weighted by molar-refractivity contribution is 5.90. The lowest BCUT2D eigenvalue weighted by molar-refractivity contribution is 0.0324. The summed E-state index contributed by atoms with van der Waals surface area (Å²) < 4.78 is 33.8. The Morgan fingerprint density at radius 3 is 2.41 bits per heavy atom. The van der Waals surface area contributed by atoms with Crippen LogP contribution in [0.4, 0.5) is 8.78 Å². The number of rotatable bonds is 4. The van der Waals surface area contributed by atoms with E-state index in [2.05, 4.69) is 5.10 Å². The summed E-state index contributed by atoms with van der Waals surface area (Å²) in [5, 5.41) is 2.34. The molecule has 0 aliphatic carbocycles. The predicted octanol–water partition coefficient (Wildman–Crippen LogP) is 2.72. The zero-order valence-corrected chi connectivity index (χ0v) is 14.1. The van der Waals surface area contributed by atoms with Gasteiger partial charge in [0.2, 0.25) is 0 Å². The van der Waals surface area contributed by atoms with Crippen molar-refractivity contribution < 1.29 is 18.3 Å².